The van der Waals surface area contributed by atoms with Crippen LogP contribution in [0.2, 0.25) is 0 Å². The van der Waals surface area contributed by atoms with Gasteiger partial charge in [-0.1, -0.05) is 29.8 Å². The lowest BCUT2D eigenvalue weighted by Gasteiger charge is -2.26. The Morgan fingerprint density at radius 3 is 2.60 bits per heavy atom. The summed E-state index contributed by atoms with van der Waals surface area (Å²) in [6.07, 6.45) is 0.688. The van der Waals surface area contributed by atoms with E-state index in [0.29, 0.717) is 24.4 Å². The fraction of sp³-hybridized carbons (Fsp3) is 0.263. The van der Waals surface area contributed by atoms with E-state index >= 15 is 0 Å². The fourth-order valence-corrected chi connectivity index (χ4v) is 4.86. The van der Waals surface area contributed by atoms with E-state index in [1.54, 1.807) is 23.5 Å². The van der Waals surface area contributed by atoms with Gasteiger partial charge in [0.2, 0.25) is 10.0 Å². The number of aryl methyl sites for hydroxylation is 1. The van der Waals surface area contributed by atoms with Gasteiger partial charge in [-0.15, -0.1) is 0 Å². The molecule has 1 aliphatic rings. The molecule has 0 atom stereocenters. The molecule has 0 unspecified atom stereocenters. The Bertz CT molecular complexity index is 1040. The maximum absolute atomic E-state index is 12.9. The molecule has 130 valence electrons. The molecule has 0 radical (unpaired) electrons. The number of rotatable bonds is 3. The third-order valence-electron chi connectivity index (χ3n) is 4.82. The van der Waals surface area contributed by atoms with Gasteiger partial charge in [-0.05, 0) is 37.1 Å². The average Bonchev–Trinajstić information content (AvgIpc) is 3.00. The highest BCUT2D eigenvalue weighted by Gasteiger charge is 2.30. The van der Waals surface area contributed by atoms with Crippen molar-refractivity contribution in [3.05, 3.63) is 59.3 Å². The second-order valence-corrected chi connectivity index (χ2v) is 8.30. The van der Waals surface area contributed by atoms with Gasteiger partial charge in [0.25, 0.3) is 0 Å². The van der Waals surface area contributed by atoms with Crippen molar-refractivity contribution in [3.8, 4) is 5.75 Å². The highest BCUT2D eigenvalue weighted by Crippen LogP contribution is 2.34. The summed E-state index contributed by atoms with van der Waals surface area (Å²) in [6.45, 7) is 2.78. The summed E-state index contributed by atoms with van der Waals surface area (Å²) < 4.78 is 32.8. The van der Waals surface area contributed by atoms with Crippen molar-refractivity contribution in [1.82, 2.24) is 9.29 Å². The van der Waals surface area contributed by atoms with Gasteiger partial charge in [0.05, 0.1) is 24.1 Å². The van der Waals surface area contributed by atoms with Gasteiger partial charge in [0.15, 0.2) is 0 Å². The average molecular weight is 356 g/mol. The molecule has 3 aromatic rings. The summed E-state index contributed by atoms with van der Waals surface area (Å²) in [6, 6.07) is 12.9. The normalized spacial score (nSPS) is 15.3. The zero-order valence-electron chi connectivity index (χ0n) is 14.2. The van der Waals surface area contributed by atoms with Gasteiger partial charge in [0, 0.05) is 17.6 Å². The van der Waals surface area contributed by atoms with Crippen LogP contribution in [0.25, 0.3) is 10.9 Å². The SMILES string of the molecule is COc1cccc2c3c([nH]c12)CN(S(=O)(=O)c1ccc(C)cc1)CC3. The van der Waals surface area contributed by atoms with Crippen molar-refractivity contribution in [1.29, 1.82) is 0 Å². The van der Waals surface area contributed by atoms with Crippen molar-refractivity contribution in [2.24, 2.45) is 0 Å². The molecule has 2 aromatic carbocycles. The molecule has 2 heterocycles. The monoisotopic (exact) mass is 356 g/mol. The highest BCUT2D eigenvalue weighted by atomic mass is 32.2. The second kappa shape index (κ2) is 5.89. The number of hydrogen-bond donors (Lipinski definition) is 1. The largest absolute Gasteiger partial charge is 0.495 e. The highest BCUT2D eigenvalue weighted by molar-refractivity contribution is 7.89. The first-order valence-electron chi connectivity index (χ1n) is 8.24. The van der Waals surface area contributed by atoms with Gasteiger partial charge in [0.1, 0.15) is 5.75 Å². The topological polar surface area (TPSA) is 62.4 Å². The van der Waals surface area contributed by atoms with Crippen molar-refractivity contribution < 1.29 is 13.2 Å². The van der Waals surface area contributed by atoms with Crippen LogP contribution in [-0.2, 0) is 23.0 Å². The van der Waals surface area contributed by atoms with E-state index in [0.717, 1.165) is 27.9 Å². The number of sulfonamides is 1. The van der Waals surface area contributed by atoms with Gasteiger partial charge < -0.3 is 9.72 Å². The number of benzene rings is 2. The lowest BCUT2D eigenvalue weighted by Crippen LogP contribution is -2.35. The molecule has 1 N–H and O–H groups in total. The maximum Gasteiger partial charge on any atom is 0.243 e. The van der Waals surface area contributed by atoms with Crippen LogP contribution in [0.3, 0.4) is 0 Å². The van der Waals surface area contributed by atoms with Crippen molar-refractivity contribution >= 4 is 20.9 Å². The Labute approximate surface area is 147 Å². The van der Waals surface area contributed by atoms with E-state index in [2.05, 4.69) is 11.1 Å². The van der Waals surface area contributed by atoms with Crippen LogP contribution in [0.5, 0.6) is 5.75 Å². The number of nitrogens with one attached hydrogen (secondary N) is 1. The van der Waals surface area contributed by atoms with E-state index in [-0.39, 0.29) is 0 Å². The summed E-state index contributed by atoms with van der Waals surface area (Å²) in [5.74, 6) is 0.778. The lowest BCUT2D eigenvalue weighted by molar-refractivity contribution is 0.388. The molecule has 6 heteroatoms. The summed E-state index contributed by atoms with van der Waals surface area (Å²) in [5, 5.41) is 1.11. The van der Waals surface area contributed by atoms with Crippen LogP contribution in [0.15, 0.2) is 47.4 Å². The molecule has 0 saturated carbocycles. The number of H-pyrrole nitrogens is 1. The molecule has 0 aliphatic carbocycles. The van der Waals surface area contributed by atoms with Crippen LogP contribution >= 0.6 is 0 Å². The van der Waals surface area contributed by atoms with Gasteiger partial charge in [-0.3, -0.25) is 0 Å². The molecule has 0 saturated heterocycles. The molecule has 4 rings (SSSR count). The molecule has 5 nitrogen and oxygen atoms in total. The smallest absolute Gasteiger partial charge is 0.243 e. The zero-order chi connectivity index (χ0) is 17.6. The first kappa shape index (κ1) is 16.2. The maximum atomic E-state index is 12.9. The van der Waals surface area contributed by atoms with Gasteiger partial charge >= 0.3 is 0 Å². The van der Waals surface area contributed by atoms with E-state index in [1.165, 1.54) is 5.56 Å². The minimum Gasteiger partial charge on any atom is -0.495 e. The number of ether oxygens (including phenoxy) is 1. The molecule has 1 aromatic heterocycles. The van der Waals surface area contributed by atoms with Gasteiger partial charge in [-0.25, -0.2) is 8.42 Å². The van der Waals surface area contributed by atoms with Crippen LogP contribution in [0, 0.1) is 6.92 Å². The zero-order valence-corrected chi connectivity index (χ0v) is 15.1. The van der Waals surface area contributed by atoms with E-state index in [1.807, 2.05) is 31.2 Å². The second-order valence-electron chi connectivity index (χ2n) is 6.37. The third kappa shape index (κ3) is 2.62. The number of aromatic amines is 1. The first-order valence-corrected chi connectivity index (χ1v) is 9.68. The van der Waals surface area contributed by atoms with Crippen molar-refractivity contribution in [2.75, 3.05) is 13.7 Å². The molecule has 1 aliphatic heterocycles. The molecular formula is C19H20N2O3S. The Hall–Kier alpha value is -2.31. The number of hydrogen-bond acceptors (Lipinski definition) is 3. The number of nitrogens with zero attached hydrogens (tertiary/aromatic N) is 1. The van der Waals surface area contributed by atoms with Crippen LogP contribution in [0.1, 0.15) is 16.8 Å². The molecule has 0 amide bonds. The number of fused-ring (bicyclic) bond motifs is 3. The molecular weight excluding hydrogens is 336 g/mol. The van der Waals surface area contributed by atoms with E-state index < -0.39 is 10.0 Å². The van der Waals surface area contributed by atoms with Crippen molar-refractivity contribution in [2.45, 2.75) is 24.8 Å². The van der Waals surface area contributed by atoms with Crippen LogP contribution in [-0.4, -0.2) is 31.4 Å². The predicted octanol–water partition coefficient (Wildman–Crippen LogP) is 3.23. The number of para-hydroxylation sites is 1. The Morgan fingerprint density at radius 2 is 1.88 bits per heavy atom. The number of methoxy groups -OCH3 is 1. The Kier molecular flexibility index (Phi) is 3.81. The van der Waals surface area contributed by atoms with Crippen LogP contribution in [0.4, 0.5) is 0 Å². The predicted molar refractivity (Wildman–Crippen MR) is 97.3 cm³/mol. The Balaban J connectivity index is 1.72. The minimum absolute atomic E-state index is 0.343. The number of aromatic nitrogens is 1. The molecule has 0 fully saturated rings. The fourth-order valence-electron chi connectivity index (χ4n) is 3.45. The molecule has 0 bridgehead atoms. The quantitative estimate of drug-likeness (QED) is 0.784. The molecule has 0 spiro atoms. The van der Waals surface area contributed by atoms with E-state index in [9.17, 15) is 8.42 Å². The third-order valence-corrected chi connectivity index (χ3v) is 6.68. The Morgan fingerprint density at radius 1 is 1.12 bits per heavy atom. The van der Waals surface area contributed by atoms with Gasteiger partial charge in [-0.2, -0.15) is 4.31 Å². The summed E-state index contributed by atoms with van der Waals surface area (Å²) in [5.41, 5.74) is 4.11. The van der Waals surface area contributed by atoms with Crippen LogP contribution < -0.4 is 4.74 Å². The molecule has 25 heavy (non-hydrogen) atoms. The first-order chi connectivity index (χ1) is 12.0. The lowest BCUT2D eigenvalue weighted by atomic mass is 10.0. The minimum atomic E-state index is -3.49. The summed E-state index contributed by atoms with van der Waals surface area (Å²) in [4.78, 5) is 3.71. The summed E-state index contributed by atoms with van der Waals surface area (Å²) >= 11 is 0. The summed E-state index contributed by atoms with van der Waals surface area (Å²) in [7, 11) is -1.85. The van der Waals surface area contributed by atoms with E-state index in [4.69, 9.17) is 4.74 Å². The van der Waals surface area contributed by atoms with Crippen molar-refractivity contribution in [3.63, 3.8) is 0 Å². The standard InChI is InChI=1S/C19H20N2O3S/c1-13-6-8-14(9-7-13)25(22,23)21-11-10-15-16-4-3-5-18(24-2)19(16)20-17(15)12-21/h3-9,20H,10-12H2,1-2H3.